The summed E-state index contributed by atoms with van der Waals surface area (Å²) in [5.41, 5.74) is 0.850. The molecular formula is C15H25O7P. The van der Waals surface area contributed by atoms with Gasteiger partial charge in [0.1, 0.15) is 0 Å². The zero-order valence-electron chi connectivity index (χ0n) is 13.1. The van der Waals surface area contributed by atoms with Gasteiger partial charge in [-0.2, -0.15) is 0 Å². The van der Waals surface area contributed by atoms with Crippen molar-refractivity contribution in [2.24, 2.45) is 0 Å². The quantitative estimate of drug-likeness (QED) is 0.388. The lowest BCUT2D eigenvalue weighted by molar-refractivity contribution is 0.0524. The summed E-state index contributed by atoms with van der Waals surface area (Å²) in [5.74, 6) is 0. The van der Waals surface area contributed by atoms with Crippen molar-refractivity contribution in [2.75, 3.05) is 52.9 Å². The van der Waals surface area contributed by atoms with E-state index in [1.807, 2.05) is 30.3 Å². The van der Waals surface area contributed by atoms with Gasteiger partial charge in [-0.3, -0.25) is 4.57 Å². The lowest BCUT2D eigenvalue weighted by atomic mass is 10.2. The maximum absolute atomic E-state index is 12.8. The highest BCUT2D eigenvalue weighted by atomic mass is 31.2. The summed E-state index contributed by atoms with van der Waals surface area (Å²) in [6.07, 6.45) is 0.161. The van der Waals surface area contributed by atoms with Crippen molar-refractivity contribution >= 4 is 7.60 Å². The summed E-state index contributed by atoms with van der Waals surface area (Å²) in [7, 11) is -3.32. The third-order valence-corrected chi connectivity index (χ3v) is 4.63. The summed E-state index contributed by atoms with van der Waals surface area (Å²) in [5, 5.41) is 17.3. The van der Waals surface area contributed by atoms with Gasteiger partial charge in [-0.25, -0.2) is 0 Å². The van der Waals surface area contributed by atoms with Crippen LogP contribution in [0, 0.1) is 0 Å². The van der Waals surface area contributed by atoms with Crippen molar-refractivity contribution in [2.45, 2.75) is 6.16 Å². The minimum absolute atomic E-state index is 0.0691. The standard InChI is InChI=1S/C15H25O7P/c16-6-8-19-10-12-21-23(18,22-13-11-20-9-7-17)14-15-4-2-1-3-5-15/h1-5,16-17H,6-14H2. The molecule has 0 fully saturated rings. The van der Waals surface area contributed by atoms with Gasteiger partial charge in [-0.05, 0) is 5.56 Å². The van der Waals surface area contributed by atoms with Crippen molar-refractivity contribution in [1.82, 2.24) is 0 Å². The zero-order valence-corrected chi connectivity index (χ0v) is 14.0. The third kappa shape index (κ3) is 9.84. The van der Waals surface area contributed by atoms with Gasteiger partial charge in [-0.15, -0.1) is 0 Å². The van der Waals surface area contributed by atoms with Crippen LogP contribution in [0.2, 0.25) is 0 Å². The van der Waals surface area contributed by atoms with Crippen LogP contribution in [0.25, 0.3) is 0 Å². The molecule has 0 bridgehead atoms. The van der Waals surface area contributed by atoms with E-state index >= 15 is 0 Å². The van der Waals surface area contributed by atoms with E-state index in [1.165, 1.54) is 0 Å². The summed E-state index contributed by atoms with van der Waals surface area (Å²) < 4.78 is 33.8. The van der Waals surface area contributed by atoms with Crippen LogP contribution >= 0.6 is 7.60 Å². The third-order valence-electron chi connectivity index (χ3n) is 2.72. The predicted octanol–water partition coefficient (Wildman–Crippen LogP) is 1.43. The molecule has 0 aliphatic rings. The van der Waals surface area contributed by atoms with E-state index in [1.54, 1.807) is 0 Å². The molecule has 0 amide bonds. The minimum Gasteiger partial charge on any atom is -0.394 e. The Morgan fingerprint density at radius 1 is 0.783 bits per heavy atom. The Kier molecular flexibility index (Phi) is 11.1. The van der Waals surface area contributed by atoms with E-state index in [0.717, 1.165) is 5.56 Å². The Hall–Kier alpha value is -0.790. The average molecular weight is 348 g/mol. The highest BCUT2D eigenvalue weighted by molar-refractivity contribution is 7.53. The molecule has 2 N–H and O–H groups in total. The summed E-state index contributed by atoms with van der Waals surface area (Å²) >= 11 is 0. The smallest absolute Gasteiger partial charge is 0.335 e. The Balaban J connectivity index is 2.47. The molecule has 0 aliphatic heterocycles. The molecule has 0 radical (unpaired) electrons. The van der Waals surface area contributed by atoms with Crippen LogP contribution < -0.4 is 0 Å². The highest BCUT2D eigenvalue weighted by Crippen LogP contribution is 2.51. The molecule has 23 heavy (non-hydrogen) atoms. The van der Waals surface area contributed by atoms with Crippen LogP contribution in [0.3, 0.4) is 0 Å². The second-order valence-corrected chi connectivity index (χ2v) is 6.65. The molecule has 0 saturated carbocycles. The van der Waals surface area contributed by atoms with Gasteiger partial charge < -0.3 is 28.7 Å². The van der Waals surface area contributed by atoms with Crippen LogP contribution in [0.4, 0.5) is 0 Å². The van der Waals surface area contributed by atoms with E-state index < -0.39 is 7.60 Å². The maximum Gasteiger partial charge on any atom is 0.335 e. The van der Waals surface area contributed by atoms with Crippen LogP contribution in [0.15, 0.2) is 30.3 Å². The number of aliphatic hydroxyl groups is 2. The zero-order chi connectivity index (χ0) is 16.8. The van der Waals surface area contributed by atoms with Gasteiger partial charge in [0.15, 0.2) is 0 Å². The normalized spacial score (nSPS) is 11.7. The second kappa shape index (κ2) is 12.6. The molecule has 0 heterocycles. The molecule has 0 saturated heterocycles. The molecule has 0 unspecified atom stereocenters. The summed E-state index contributed by atoms with van der Waals surface area (Å²) in [4.78, 5) is 0. The number of hydrogen-bond acceptors (Lipinski definition) is 7. The molecule has 1 aromatic carbocycles. The van der Waals surface area contributed by atoms with E-state index in [0.29, 0.717) is 0 Å². The molecule has 8 heteroatoms. The molecule has 7 nitrogen and oxygen atoms in total. The molecule has 0 aliphatic carbocycles. The van der Waals surface area contributed by atoms with Crippen molar-refractivity contribution in [3.63, 3.8) is 0 Å². The molecular weight excluding hydrogens is 323 g/mol. The molecule has 1 rings (SSSR count). The van der Waals surface area contributed by atoms with Gasteiger partial charge in [0.25, 0.3) is 0 Å². The lowest BCUT2D eigenvalue weighted by Gasteiger charge is -2.19. The van der Waals surface area contributed by atoms with Gasteiger partial charge in [0.2, 0.25) is 0 Å². The molecule has 0 atom stereocenters. The maximum atomic E-state index is 12.8. The average Bonchev–Trinajstić information content (AvgIpc) is 2.55. The SMILES string of the molecule is O=P(Cc1ccccc1)(OCCOCCO)OCCOCCO. The van der Waals surface area contributed by atoms with E-state index in [4.69, 9.17) is 28.7 Å². The van der Waals surface area contributed by atoms with Crippen LogP contribution in [0.5, 0.6) is 0 Å². The predicted molar refractivity (Wildman–Crippen MR) is 85.5 cm³/mol. The Bertz CT molecular complexity index is 423. The first-order valence-electron chi connectivity index (χ1n) is 7.49. The first-order chi connectivity index (χ1) is 11.2. The Morgan fingerprint density at radius 2 is 1.30 bits per heavy atom. The molecule has 132 valence electrons. The molecule has 0 spiro atoms. The fourth-order valence-corrected chi connectivity index (χ4v) is 3.36. The fourth-order valence-electron chi connectivity index (χ4n) is 1.74. The number of hydrogen-bond donors (Lipinski definition) is 2. The first kappa shape index (κ1) is 20.3. The van der Waals surface area contributed by atoms with Crippen LogP contribution in [-0.4, -0.2) is 63.1 Å². The van der Waals surface area contributed by atoms with Gasteiger partial charge in [0.05, 0.1) is 59.0 Å². The first-order valence-corrected chi connectivity index (χ1v) is 9.22. The fraction of sp³-hybridized carbons (Fsp3) is 0.600. The number of ether oxygens (including phenoxy) is 2. The van der Waals surface area contributed by atoms with E-state index in [-0.39, 0.29) is 59.0 Å². The number of benzene rings is 1. The Labute approximate surface area is 136 Å². The number of rotatable bonds is 14. The lowest BCUT2D eigenvalue weighted by Crippen LogP contribution is -2.11. The van der Waals surface area contributed by atoms with Gasteiger partial charge >= 0.3 is 7.60 Å². The van der Waals surface area contributed by atoms with Crippen molar-refractivity contribution in [3.8, 4) is 0 Å². The van der Waals surface area contributed by atoms with Crippen LogP contribution in [0.1, 0.15) is 5.56 Å². The summed E-state index contributed by atoms with van der Waals surface area (Å²) in [6, 6.07) is 9.29. The minimum atomic E-state index is -3.32. The highest BCUT2D eigenvalue weighted by Gasteiger charge is 2.25. The topological polar surface area (TPSA) is 94.5 Å². The van der Waals surface area contributed by atoms with Crippen molar-refractivity contribution < 1.29 is 33.3 Å². The van der Waals surface area contributed by atoms with E-state index in [9.17, 15) is 4.57 Å². The second-order valence-electron chi connectivity index (χ2n) is 4.59. The Morgan fingerprint density at radius 3 is 1.78 bits per heavy atom. The summed E-state index contributed by atoms with van der Waals surface area (Å²) in [6.45, 7) is 0.960. The van der Waals surface area contributed by atoms with Crippen molar-refractivity contribution in [1.29, 1.82) is 0 Å². The number of aliphatic hydroxyl groups excluding tert-OH is 2. The van der Waals surface area contributed by atoms with Gasteiger partial charge in [-0.1, -0.05) is 30.3 Å². The molecule has 1 aromatic rings. The van der Waals surface area contributed by atoms with Crippen molar-refractivity contribution in [3.05, 3.63) is 35.9 Å². The largest absolute Gasteiger partial charge is 0.394 e. The monoisotopic (exact) mass is 348 g/mol. The van der Waals surface area contributed by atoms with Crippen LogP contribution in [-0.2, 0) is 29.2 Å². The van der Waals surface area contributed by atoms with Gasteiger partial charge in [0, 0.05) is 0 Å². The molecule has 0 aromatic heterocycles. The van der Waals surface area contributed by atoms with E-state index in [2.05, 4.69) is 0 Å².